The third-order valence-electron chi connectivity index (χ3n) is 3.91. The van der Waals surface area contributed by atoms with Gasteiger partial charge in [-0.25, -0.2) is 4.79 Å². The SMILES string of the molecule is CCOP(C)(=O)C1CCCN(C(=O)OCc2ccccc2)C1. The van der Waals surface area contributed by atoms with Crippen LogP contribution in [-0.4, -0.2) is 43.0 Å². The van der Waals surface area contributed by atoms with Gasteiger partial charge in [0.15, 0.2) is 0 Å². The van der Waals surface area contributed by atoms with Crippen LogP contribution >= 0.6 is 7.37 Å². The second-order valence-electron chi connectivity index (χ2n) is 5.61. The van der Waals surface area contributed by atoms with Crippen LogP contribution in [0.5, 0.6) is 0 Å². The molecule has 0 spiro atoms. The van der Waals surface area contributed by atoms with Crippen molar-refractivity contribution in [2.75, 3.05) is 26.4 Å². The maximum Gasteiger partial charge on any atom is 0.410 e. The van der Waals surface area contributed by atoms with Crippen molar-refractivity contribution in [1.29, 1.82) is 0 Å². The van der Waals surface area contributed by atoms with Crippen LogP contribution in [0.1, 0.15) is 25.3 Å². The second-order valence-corrected chi connectivity index (χ2v) is 8.41. The van der Waals surface area contributed by atoms with Gasteiger partial charge in [0.2, 0.25) is 7.37 Å². The molecule has 1 saturated heterocycles. The number of nitrogens with zero attached hydrogens (tertiary/aromatic N) is 1. The number of carbonyl (C=O) groups excluding carboxylic acids is 1. The third kappa shape index (κ3) is 4.59. The van der Waals surface area contributed by atoms with Crippen molar-refractivity contribution in [2.45, 2.75) is 32.0 Å². The largest absolute Gasteiger partial charge is 0.445 e. The van der Waals surface area contributed by atoms with Gasteiger partial charge in [0.25, 0.3) is 0 Å². The molecule has 1 aliphatic heterocycles. The van der Waals surface area contributed by atoms with Gasteiger partial charge >= 0.3 is 6.09 Å². The quantitative estimate of drug-likeness (QED) is 0.774. The normalized spacial score (nSPS) is 21.2. The Kier molecular flexibility index (Phi) is 6.04. The third-order valence-corrected chi connectivity index (χ3v) is 6.43. The lowest BCUT2D eigenvalue weighted by atomic mass is 10.1. The van der Waals surface area contributed by atoms with Gasteiger partial charge in [0.1, 0.15) is 6.61 Å². The smallest absolute Gasteiger partial charge is 0.410 e. The number of benzene rings is 1. The van der Waals surface area contributed by atoms with E-state index in [1.54, 1.807) is 11.6 Å². The van der Waals surface area contributed by atoms with Crippen LogP contribution in [0.4, 0.5) is 4.79 Å². The monoisotopic (exact) mass is 325 g/mol. The minimum absolute atomic E-state index is 0.0922. The van der Waals surface area contributed by atoms with E-state index in [0.717, 1.165) is 18.4 Å². The molecule has 122 valence electrons. The molecule has 6 heteroatoms. The number of hydrogen-bond donors (Lipinski definition) is 0. The van der Waals surface area contributed by atoms with Gasteiger partial charge in [-0.05, 0) is 25.3 Å². The number of carbonyl (C=O) groups is 1. The van der Waals surface area contributed by atoms with Crippen molar-refractivity contribution in [2.24, 2.45) is 0 Å². The Balaban J connectivity index is 1.89. The van der Waals surface area contributed by atoms with E-state index in [9.17, 15) is 9.36 Å². The highest BCUT2D eigenvalue weighted by molar-refractivity contribution is 7.59. The standard InChI is InChI=1S/C16H24NO4P/c1-3-21-22(2,19)15-10-7-11-17(12-15)16(18)20-13-14-8-5-4-6-9-14/h4-6,8-9,15H,3,7,10-13H2,1-2H3. The van der Waals surface area contributed by atoms with E-state index in [1.807, 2.05) is 37.3 Å². The molecule has 2 rings (SSSR count). The molecular weight excluding hydrogens is 301 g/mol. The summed E-state index contributed by atoms with van der Waals surface area (Å²) < 4.78 is 23.3. The summed E-state index contributed by atoms with van der Waals surface area (Å²) in [6, 6.07) is 9.58. The Bertz CT molecular complexity index is 534. The lowest BCUT2D eigenvalue weighted by Crippen LogP contribution is -2.42. The molecule has 1 aliphatic rings. The average molecular weight is 325 g/mol. The molecule has 1 aromatic rings. The van der Waals surface area contributed by atoms with E-state index >= 15 is 0 Å². The van der Waals surface area contributed by atoms with Gasteiger partial charge in [0.05, 0.1) is 12.3 Å². The molecule has 0 saturated carbocycles. The average Bonchev–Trinajstić information content (AvgIpc) is 2.53. The predicted molar refractivity (Wildman–Crippen MR) is 86.4 cm³/mol. The number of amides is 1. The molecular formula is C16H24NO4P. The maximum atomic E-state index is 12.5. The van der Waals surface area contributed by atoms with Gasteiger partial charge in [-0.15, -0.1) is 0 Å². The van der Waals surface area contributed by atoms with E-state index in [4.69, 9.17) is 9.26 Å². The van der Waals surface area contributed by atoms with E-state index in [0.29, 0.717) is 19.7 Å². The van der Waals surface area contributed by atoms with E-state index in [-0.39, 0.29) is 18.4 Å². The molecule has 0 N–H and O–H groups in total. The highest BCUT2D eigenvalue weighted by Crippen LogP contribution is 2.51. The summed E-state index contributed by atoms with van der Waals surface area (Å²) in [5.41, 5.74) is 0.866. The number of hydrogen-bond acceptors (Lipinski definition) is 4. The molecule has 0 aliphatic carbocycles. The molecule has 1 fully saturated rings. The van der Waals surface area contributed by atoms with E-state index in [2.05, 4.69) is 0 Å². The number of piperidine rings is 1. The zero-order chi connectivity index (χ0) is 16.0. The zero-order valence-electron chi connectivity index (χ0n) is 13.2. The first kappa shape index (κ1) is 17.0. The Morgan fingerprint density at radius 1 is 1.36 bits per heavy atom. The predicted octanol–water partition coefficient (Wildman–Crippen LogP) is 3.73. The van der Waals surface area contributed by atoms with Crippen LogP contribution in [0.2, 0.25) is 0 Å². The first-order valence-corrected chi connectivity index (χ1v) is 9.84. The lowest BCUT2D eigenvalue weighted by molar-refractivity contribution is 0.0891. The second kappa shape index (κ2) is 7.80. The first-order valence-electron chi connectivity index (χ1n) is 7.70. The summed E-state index contributed by atoms with van der Waals surface area (Å²) in [6.07, 6.45) is 1.32. The fourth-order valence-corrected chi connectivity index (χ4v) is 4.54. The number of likely N-dealkylation sites (tertiary alicyclic amines) is 1. The van der Waals surface area contributed by atoms with Crippen molar-refractivity contribution in [1.82, 2.24) is 4.90 Å². The molecule has 1 aromatic carbocycles. The minimum Gasteiger partial charge on any atom is -0.445 e. The molecule has 2 atom stereocenters. The summed E-state index contributed by atoms with van der Waals surface area (Å²) in [5, 5.41) is 0. The van der Waals surface area contributed by atoms with Crippen molar-refractivity contribution in [3.05, 3.63) is 35.9 Å². The Morgan fingerprint density at radius 2 is 2.09 bits per heavy atom. The summed E-state index contributed by atoms with van der Waals surface area (Å²) >= 11 is 0. The fourth-order valence-electron chi connectivity index (χ4n) is 2.68. The van der Waals surface area contributed by atoms with Gasteiger partial charge in [-0.3, -0.25) is 4.57 Å². The van der Waals surface area contributed by atoms with Gasteiger partial charge in [0, 0.05) is 19.8 Å². The highest BCUT2D eigenvalue weighted by Gasteiger charge is 2.35. The highest BCUT2D eigenvalue weighted by atomic mass is 31.2. The van der Waals surface area contributed by atoms with Crippen LogP contribution in [0.25, 0.3) is 0 Å². The van der Waals surface area contributed by atoms with Crippen LogP contribution < -0.4 is 0 Å². The van der Waals surface area contributed by atoms with Crippen LogP contribution in [0, 0.1) is 0 Å². The number of ether oxygens (including phenoxy) is 1. The molecule has 0 aromatic heterocycles. The summed E-state index contributed by atoms with van der Waals surface area (Å²) in [7, 11) is -2.67. The van der Waals surface area contributed by atoms with E-state index < -0.39 is 7.37 Å². The molecule has 2 unspecified atom stereocenters. The molecule has 0 bridgehead atoms. The van der Waals surface area contributed by atoms with E-state index in [1.165, 1.54) is 0 Å². The lowest BCUT2D eigenvalue weighted by Gasteiger charge is -2.34. The van der Waals surface area contributed by atoms with Crippen LogP contribution in [-0.2, 0) is 20.4 Å². The van der Waals surface area contributed by atoms with Gasteiger partial charge < -0.3 is 14.2 Å². The first-order chi connectivity index (χ1) is 10.5. The molecule has 0 radical (unpaired) electrons. The van der Waals surface area contributed by atoms with Gasteiger partial charge in [-0.2, -0.15) is 0 Å². The maximum absolute atomic E-state index is 12.5. The number of rotatable bonds is 5. The summed E-state index contributed by atoms with van der Waals surface area (Å²) in [6.45, 7) is 5.29. The van der Waals surface area contributed by atoms with Crippen molar-refractivity contribution < 1.29 is 18.6 Å². The van der Waals surface area contributed by atoms with Crippen molar-refractivity contribution >= 4 is 13.5 Å². The van der Waals surface area contributed by atoms with Gasteiger partial charge in [-0.1, -0.05) is 30.3 Å². The molecule has 1 heterocycles. The molecule has 1 amide bonds. The topological polar surface area (TPSA) is 55.8 Å². The fraction of sp³-hybridized carbons (Fsp3) is 0.562. The Morgan fingerprint density at radius 3 is 2.77 bits per heavy atom. The molecule has 5 nitrogen and oxygen atoms in total. The Labute approximate surface area is 132 Å². The van der Waals surface area contributed by atoms with Crippen molar-refractivity contribution in [3.8, 4) is 0 Å². The summed E-state index contributed by atoms with van der Waals surface area (Å²) in [4.78, 5) is 13.8. The molecule has 22 heavy (non-hydrogen) atoms. The zero-order valence-corrected chi connectivity index (χ0v) is 14.1. The minimum atomic E-state index is -2.67. The summed E-state index contributed by atoms with van der Waals surface area (Å²) in [5.74, 6) is 0. The van der Waals surface area contributed by atoms with Crippen LogP contribution in [0.3, 0.4) is 0 Å². The van der Waals surface area contributed by atoms with Crippen molar-refractivity contribution in [3.63, 3.8) is 0 Å². The Hall–Kier alpha value is -1.32. The van der Waals surface area contributed by atoms with Crippen LogP contribution in [0.15, 0.2) is 30.3 Å².